The summed E-state index contributed by atoms with van der Waals surface area (Å²) in [5.41, 5.74) is 0.990. The van der Waals surface area contributed by atoms with Crippen molar-refractivity contribution in [1.29, 1.82) is 0 Å². The van der Waals surface area contributed by atoms with Crippen LogP contribution in [0.5, 0.6) is 0 Å². The zero-order valence-corrected chi connectivity index (χ0v) is 10.6. The van der Waals surface area contributed by atoms with Crippen LogP contribution in [0.15, 0.2) is 30.3 Å². The molecule has 0 aliphatic carbocycles. The Morgan fingerprint density at radius 2 is 2.28 bits per heavy atom. The molecule has 0 saturated carbocycles. The fourth-order valence-electron chi connectivity index (χ4n) is 2.02. The number of nitrogens with one attached hydrogen (secondary N) is 1. The number of benzene rings is 1. The van der Waals surface area contributed by atoms with Crippen LogP contribution in [-0.4, -0.2) is 25.3 Å². The first-order chi connectivity index (χ1) is 8.75. The first kappa shape index (κ1) is 12.9. The molecule has 0 aromatic heterocycles. The highest BCUT2D eigenvalue weighted by Gasteiger charge is 2.23. The molecule has 98 valence electrons. The minimum absolute atomic E-state index is 0.0933. The molecule has 1 aromatic rings. The van der Waals surface area contributed by atoms with Gasteiger partial charge in [-0.1, -0.05) is 30.3 Å². The van der Waals surface area contributed by atoms with Crippen LogP contribution in [0.1, 0.15) is 18.9 Å². The van der Waals surface area contributed by atoms with Crippen molar-refractivity contribution < 1.29 is 14.3 Å². The number of ether oxygens (including phenoxy) is 2. The summed E-state index contributed by atoms with van der Waals surface area (Å²) in [6, 6.07) is 9.75. The van der Waals surface area contributed by atoms with Crippen molar-refractivity contribution in [2.45, 2.75) is 26.0 Å². The van der Waals surface area contributed by atoms with Gasteiger partial charge < -0.3 is 14.8 Å². The monoisotopic (exact) mass is 249 g/mol. The predicted octanol–water partition coefficient (Wildman–Crippen LogP) is 2.34. The maximum atomic E-state index is 11.6. The van der Waals surface area contributed by atoms with Crippen molar-refractivity contribution in [2.24, 2.45) is 5.92 Å². The van der Waals surface area contributed by atoms with E-state index in [2.05, 4.69) is 5.32 Å². The molecule has 1 aliphatic rings. The topological polar surface area (TPSA) is 47.6 Å². The number of amides is 1. The highest BCUT2D eigenvalue weighted by Crippen LogP contribution is 2.16. The van der Waals surface area contributed by atoms with E-state index in [1.54, 1.807) is 0 Å². The second kappa shape index (κ2) is 6.40. The van der Waals surface area contributed by atoms with Crippen LogP contribution >= 0.6 is 0 Å². The van der Waals surface area contributed by atoms with Gasteiger partial charge in [0.2, 0.25) is 0 Å². The van der Waals surface area contributed by atoms with E-state index < -0.39 is 0 Å². The SMILES string of the molecule is CC(NC(=O)OCc1ccccc1)C1CCOC1. The van der Waals surface area contributed by atoms with Crippen molar-refractivity contribution in [1.82, 2.24) is 5.32 Å². The van der Waals surface area contributed by atoms with Crippen molar-refractivity contribution in [3.63, 3.8) is 0 Å². The van der Waals surface area contributed by atoms with E-state index >= 15 is 0 Å². The lowest BCUT2D eigenvalue weighted by Crippen LogP contribution is -2.38. The van der Waals surface area contributed by atoms with Gasteiger partial charge in [0.05, 0.1) is 6.61 Å². The summed E-state index contributed by atoms with van der Waals surface area (Å²) in [7, 11) is 0. The Labute approximate surface area is 107 Å². The van der Waals surface area contributed by atoms with E-state index in [4.69, 9.17) is 9.47 Å². The molecule has 4 nitrogen and oxygen atoms in total. The van der Waals surface area contributed by atoms with Crippen LogP contribution in [0.25, 0.3) is 0 Å². The Kier molecular flexibility index (Phi) is 4.59. The average molecular weight is 249 g/mol. The molecule has 2 atom stereocenters. The molecule has 0 bridgehead atoms. The molecule has 1 amide bonds. The van der Waals surface area contributed by atoms with Gasteiger partial charge in [-0.25, -0.2) is 4.79 Å². The fourth-order valence-corrected chi connectivity index (χ4v) is 2.02. The molecule has 1 aliphatic heterocycles. The van der Waals surface area contributed by atoms with Gasteiger partial charge in [-0.05, 0) is 18.9 Å². The summed E-state index contributed by atoms with van der Waals surface area (Å²) in [6.07, 6.45) is 0.637. The van der Waals surface area contributed by atoms with Gasteiger partial charge in [-0.15, -0.1) is 0 Å². The smallest absolute Gasteiger partial charge is 0.407 e. The van der Waals surface area contributed by atoms with Gasteiger partial charge in [0.15, 0.2) is 0 Å². The van der Waals surface area contributed by atoms with Crippen molar-refractivity contribution >= 4 is 6.09 Å². The summed E-state index contributed by atoms with van der Waals surface area (Å²) in [5, 5.41) is 2.85. The summed E-state index contributed by atoms with van der Waals surface area (Å²) in [4.78, 5) is 11.6. The summed E-state index contributed by atoms with van der Waals surface area (Å²) >= 11 is 0. The third kappa shape index (κ3) is 3.74. The molecule has 1 fully saturated rings. The predicted molar refractivity (Wildman–Crippen MR) is 68.2 cm³/mol. The highest BCUT2D eigenvalue weighted by atomic mass is 16.5. The summed E-state index contributed by atoms with van der Waals surface area (Å²) in [6.45, 7) is 3.81. The Balaban J connectivity index is 1.71. The molecule has 0 radical (unpaired) electrons. The Morgan fingerprint density at radius 3 is 2.94 bits per heavy atom. The fraction of sp³-hybridized carbons (Fsp3) is 0.500. The Hall–Kier alpha value is -1.55. The van der Waals surface area contributed by atoms with Crippen LogP contribution in [0, 0.1) is 5.92 Å². The van der Waals surface area contributed by atoms with Gasteiger partial charge in [0.25, 0.3) is 0 Å². The molecule has 1 aromatic carbocycles. The zero-order valence-electron chi connectivity index (χ0n) is 10.6. The minimum Gasteiger partial charge on any atom is -0.445 e. The number of hydrogen-bond acceptors (Lipinski definition) is 3. The standard InChI is InChI=1S/C14H19NO3/c1-11(13-7-8-17-10-13)15-14(16)18-9-12-5-3-2-4-6-12/h2-6,11,13H,7-10H2,1H3,(H,15,16). The van der Waals surface area contributed by atoms with Gasteiger partial charge >= 0.3 is 6.09 Å². The third-order valence-corrected chi connectivity index (χ3v) is 3.23. The van der Waals surface area contributed by atoms with E-state index in [0.29, 0.717) is 12.5 Å². The van der Waals surface area contributed by atoms with Crippen molar-refractivity contribution in [2.75, 3.05) is 13.2 Å². The molecule has 2 unspecified atom stereocenters. The second-order valence-electron chi connectivity index (χ2n) is 4.62. The number of rotatable bonds is 4. The third-order valence-electron chi connectivity index (χ3n) is 3.23. The lowest BCUT2D eigenvalue weighted by Gasteiger charge is -2.18. The number of hydrogen-bond donors (Lipinski definition) is 1. The van der Waals surface area contributed by atoms with E-state index in [1.165, 1.54) is 0 Å². The van der Waals surface area contributed by atoms with Gasteiger partial charge in [-0.2, -0.15) is 0 Å². The average Bonchev–Trinajstić information content (AvgIpc) is 2.91. The molecule has 2 rings (SSSR count). The summed E-state index contributed by atoms with van der Waals surface area (Å²) < 4.78 is 10.5. The molecular weight excluding hydrogens is 230 g/mol. The normalized spacial score (nSPS) is 20.4. The lowest BCUT2D eigenvalue weighted by molar-refractivity contribution is 0.130. The Bertz CT molecular complexity index is 374. The molecule has 18 heavy (non-hydrogen) atoms. The van der Waals surface area contributed by atoms with Crippen molar-refractivity contribution in [3.05, 3.63) is 35.9 Å². The molecule has 4 heteroatoms. The van der Waals surface area contributed by atoms with Crippen LogP contribution in [0.4, 0.5) is 4.79 Å². The Morgan fingerprint density at radius 1 is 1.50 bits per heavy atom. The summed E-state index contributed by atoms with van der Waals surface area (Å²) in [5.74, 6) is 0.397. The minimum atomic E-state index is -0.363. The zero-order chi connectivity index (χ0) is 12.8. The lowest BCUT2D eigenvalue weighted by atomic mass is 10.0. The van der Waals surface area contributed by atoms with E-state index in [0.717, 1.165) is 25.2 Å². The number of alkyl carbamates (subject to hydrolysis) is 1. The van der Waals surface area contributed by atoms with E-state index in [-0.39, 0.29) is 12.1 Å². The van der Waals surface area contributed by atoms with Gasteiger partial charge in [0, 0.05) is 18.6 Å². The van der Waals surface area contributed by atoms with Crippen LogP contribution in [0.2, 0.25) is 0 Å². The molecule has 1 saturated heterocycles. The first-order valence-electron chi connectivity index (χ1n) is 6.30. The van der Waals surface area contributed by atoms with Crippen molar-refractivity contribution in [3.8, 4) is 0 Å². The van der Waals surface area contributed by atoms with Crippen LogP contribution < -0.4 is 5.32 Å². The quantitative estimate of drug-likeness (QED) is 0.891. The van der Waals surface area contributed by atoms with Gasteiger partial charge in [0.1, 0.15) is 6.61 Å². The molecule has 0 spiro atoms. The number of carbonyl (C=O) groups excluding carboxylic acids is 1. The number of carbonyl (C=O) groups is 1. The largest absolute Gasteiger partial charge is 0.445 e. The second-order valence-corrected chi connectivity index (χ2v) is 4.62. The van der Waals surface area contributed by atoms with E-state index in [1.807, 2.05) is 37.3 Å². The maximum absolute atomic E-state index is 11.6. The van der Waals surface area contributed by atoms with Gasteiger partial charge in [-0.3, -0.25) is 0 Å². The maximum Gasteiger partial charge on any atom is 0.407 e. The van der Waals surface area contributed by atoms with Crippen LogP contribution in [-0.2, 0) is 16.1 Å². The molecular formula is C14H19NO3. The molecule has 1 N–H and O–H groups in total. The van der Waals surface area contributed by atoms with Crippen LogP contribution in [0.3, 0.4) is 0 Å². The van der Waals surface area contributed by atoms with E-state index in [9.17, 15) is 4.79 Å². The molecule has 1 heterocycles. The first-order valence-corrected chi connectivity index (χ1v) is 6.30. The highest BCUT2D eigenvalue weighted by molar-refractivity contribution is 5.67.